The molecule has 1 amide bonds. The van der Waals surface area contributed by atoms with Crippen LogP contribution in [0.1, 0.15) is 36.8 Å². The van der Waals surface area contributed by atoms with E-state index >= 15 is 4.39 Å². The number of amides is 1. The number of pyridine rings is 1. The maximum Gasteiger partial charge on any atom is 0.408 e. The summed E-state index contributed by atoms with van der Waals surface area (Å²) in [4.78, 5) is 25.7. The quantitative estimate of drug-likeness (QED) is 0.363. The second-order valence-electron chi connectivity index (χ2n) is 10.1. The number of anilines is 2. The molecule has 11 nitrogen and oxygen atoms in total. The molecule has 12 heteroatoms. The van der Waals surface area contributed by atoms with E-state index in [0.29, 0.717) is 17.5 Å². The molecule has 2 bridgehead atoms. The SMILES string of the molecule is Cc1nc(Nc2cc([C@H]3OC[C@@H](OC(=O)NC45CC(C4)C5)[C@@H]3F)[nH]n2)n2ccnc2c1-c1cccnc1. The smallest absolute Gasteiger partial charge is 0.408 e. The first-order valence-electron chi connectivity index (χ1n) is 12.3. The average molecular weight is 505 g/mol. The molecule has 0 spiro atoms. The predicted octanol–water partition coefficient (Wildman–Crippen LogP) is 3.62. The Morgan fingerprint density at radius 2 is 2.19 bits per heavy atom. The van der Waals surface area contributed by atoms with Crippen LogP contribution in [0.15, 0.2) is 43.0 Å². The van der Waals surface area contributed by atoms with Gasteiger partial charge in [0.05, 0.1) is 18.0 Å². The zero-order chi connectivity index (χ0) is 25.1. The van der Waals surface area contributed by atoms with Crippen LogP contribution in [0.4, 0.5) is 21.0 Å². The first kappa shape index (κ1) is 22.2. The van der Waals surface area contributed by atoms with Crippen molar-refractivity contribution in [3.8, 4) is 11.1 Å². The summed E-state index contributed by atoms with van der Waals surface area (Å²) in [6, 6.07) is 5.49. The lowest BCUT2D eigenvalue weighted by Crippen LogP contribution is -2.68. The Hall–Kier alpha value is -4.06. The monoisotopic (exact) mass is 504 g/mol. The lowest BCUT2D eigenvalue weighted by atomic mass is 9.50. The number of hydrogen-bond donors (Lipinski definition) is 3. The highest BCUT2D eigenvalue weighted by atomic mass is 19.1. The zero-order valence-electron chi connectivity index (χ0n) is 20.0. The van der Waals surface area contributed by atoms with Crippen molar-refractivity contribution < 1.29 is 18.7 Å². The maximum absolute atomic E-state index is 15.2. The fraction of sp³-hybridized carbons (Fsp3) is 0.400. The Labute approximate surface area is 210 Å². The molecule has 1 saturated heterocycles. The van der Waals surface area contributed by atoms with Crippen LogP contribution in [-0.2, 0) is 9.47 Å². The number of halogens is 1. The highest BCUT2D eigenvalue weighted by Crippen LogP contribution is 2.57. The molecule has 4 fully saturated rings. The molecule has 5 heterocycles. The van der Waals surface area contributed by atoms with E-state index in [0.717, 1.165) is 47.6 Å². The molecule has 4 aromatic heterocycles. The lowest BCUT2D eigenvalue weighted by Gasteiger charge is -2.61. The third-order valence-electron chi connectivity index (χ3n) is 7.57. The lowest BCUT2D eigenvalue weighted by molar-refractivity contribution is -0.0528. The number of nitrogens with zero attached hydrogens (tertiary/aromatic N) is 5. The number of carbonyl (C=O) groups is 1. The minimum atomic E-state index is -1.52. The summed E-state index contributed by atoms with van der Waals surface area (Å²) < 4.78 is 28.0. The van der Waals surface area contributed by atoms with Gasteiger partial charge < -0.3 is 20.1 Å². The molecular formula is C25H25FN8O3. The van der Waals surface area contributed by atoms with Gasteiger partial charge in [-0.05, 0) is 38.2 Å². The molecule has 0 unspecified atom stereocenters. The number of alkyl halides is 1. The maximum atomic E-state index is 15.2. The summed E-state index contributed by atoms with van der Waals surface area (Å²) in [6.45, 7) is 1.88. The molecule has 1 aliphatic heterocycles. The highest BCUT2D eigenvalue weighted by molar-refractivity contribution is 5.80. The van der Waals surface area contributed by atoms with Gasteiger partial charge in [0.15, 0.2) is 18.1 Å². The largest absolute Gasteiger partial charge is 0.441 e. The van der Waals surface area contributed by atoms with Gasteiger partial charge >= 0.3 is 6.09 Å². The summed E-state index contributed by atoms with van der Waals surface area (Å²) in [5.41, 5.74) is 3.60. The third kappa shape index (κ3) is 3.70. The molecule has 37 heavy (non-hydrogen) atoms. The summed E-state index contributed by atoms with van der Waals surface area (Å²) in [5, 5.41) is 13.2. The number of fused-ring (bicyclic) bond motifs is 1. The molecule has 3 aliphatic carbocycles. The van der Waals surface area contributed by atoms with Gasteiger partial charge in [-0.15, -0.1) is 0 Å². The molecule has 8 rings (SSSR count). The van der Waals surface area contributed by atoms with Gasteiger partial charge in [-0.1, -0.05) is 6.07 Å². The number of rotatable bonds is 6. The van der Waals surface area contributed by atoms with Crippen molar-refractivity contribution in [3.05, 3.63) is 54.4 Å². The Bertz CT molecular complexity index is 1470. The Morgan fingerprint density at radius 3 is 2.95 bits per heavy atom. The average Bonchev–Trinajstić information content (AvgIpc) is 3.58. The first-order chi connectivity index (χ1) is 18.0. The third-order valence-corrected chi connectivity index (χ3v) is 7.57. The van der Waals surface area contributed by atoms with Crippen LogP contribution in [0.3, 0.4) is 0 Å². The fourth-order valence-electron chi connectivity index (χ4n) is 5.64. The van der Waals surface area contributed by atoms with E-state index in [1.807, 2.05) is 23.5 Å². The molecule has 4 aliphatic rings. The molecule has 3 saturated carbocycles. The second-order valence-corrected chi connectivity index (χ2v) is 10.1. The summed E-state index contributed by atoms with van der Waals surface area (Å²) in [7, 11) is 0. The molecule has 4 aromatic rings. The van der Waals surface area contributed by atoms with E-state index in [9.17, 15) is 4.79 Å². The number of imidazole rings is 1. The second kappa shape index (κ2) is 8.23. The summed E-state index contributed by atoms with van der Waals surface area (Å²) in [6.07, 6.45) is 5.94. The first-order valence-corrected chi connectivity index (χ1v) is 12.3. The van der Waals surface area contributed by atoms with Crippen molar-refractivity contribution in [3.63, 3.8) is 0 Å². The minimum Gasteiger partial charge on any atom is -0.441 e. The van der Waals surface area contributed by atoms with E-state index in [4.69, 9.17) is 14.5 Å². The van der Waals surface area contributed by atoms with E-state index in [-0.39, 0.29) is 12.1 Å². The number of nitrogens with one attached hydrogen (secondary N) is 3. The van der Waals surface area contributed by atoms with Crippen LogP contribution in [0, 0.1) is 12.8 Å². The Morgan fingerprint density at radius 1 is 1.32 bits per heavy atom. The summed E-state index contributed by atoms with van der Waals surface area (Å²) in [5.74, 6) is 1.67. The predicted molar refractivity (Wildman–Crippen MR) is 130 cm³/mol. The van der Waals surface area contributed by atoms with E-state index in [2.05, 4.69) is 30.8 Å². The summed E-state index contributed by atoms with van der Waals surface area (Å²) >= 11 is 0. The molecule has 3 atom stereocenters. The van der Waals surface area contributed by atoms with Crippen molar-refractivity contribution >= 4 is 23.5 Å². The zero-order valence-corrected chi connectivity index (χ0v) is 20.0. The molecule has 0 radical (unpaired) electrons. The van der Waals surface area contributed by atoms with Crippen LogP contribution in [0.25, 0.3) is 16.8 Å². The van der Waals surface area contributed by atoms with Gasteiger partial charge in [0.2, 0.25) is 5.95 Å². The normalized spacial score (nSPS) is 27.9. The van der Waals surface area contributed by atoms with Crippen LogP contribution >= 0.6 is 0 Å². The topological polar surface area (TPSA) is 131 Å². The molecule has 3 N–H and O–H groups in total. The number of hydrogen-bond acceptors (Lipinski definition) is 8. The van der Waals surface area contributed by atoms with Gasteiger partial charge in [0.25, 0.3) is 0 Å². The fourth-order valence-corrected chi connectivity index (χ4v) is 5.64. The van der Waals surface area contributed by atoms with Gasteiger partial charge in [0.1, 0.15) is 11.8 Å². The highest BCUT2D eigenvalue weighted by Gasteiger charge is 2.58. The standard InChI is InChI=1S/C25H25FN8O3/c1-13-19(15-3-2-4-27-11-15)22-28-5-6-34(22)23(29-13)30-18-7-16(32-33-18)21-20(26)17(12-36-21)37-24(35)31-25-8-14(9-25)10-25/h2-7,11,14,17,20-21H,8-10,12H2,1H3,(H,31,35)(H2,29,30,32,33)/t14?,17-,20+,21-,25?/m1/s1. The number of alkyl carbamates (subject to hydrolysis) is 1. The van der Waals surface area contributed by atoms with Crippen molar-refractivity contribution in [2.24, 2.45) is 5.92 Å². The Kier molecular flexibility index (Phi) is 4.93. The van der Waals surface area contributed by atoms with Gasteiger partial charge in [-0.2, -0.15) is 5.10 Å². The van der Waals surface area contributed by atoms with Crippen LogP contribution < -0.4 is 10.6 Å². The van der Waals surface area contributed by atoms with Crippen molar-refractivity contribution in [1.82, 2.24) is 34.9 Å². The number of aryl methyl sites for hydroxylation is 1. The number of H-pyrrole nitrogens is 1. The number of carbonyl (C=O) groups excluding carboxylic acids is 1. The van der Waals surface area contributed by atoms with Crippen molar-refractivity contribution in [2.45, 2.75) is 50.1 Å². The number of ether oxygens (including phenoxy) is 2. The number of aromatic nitrogens is 6. The van der Waals surface area contributed by atoms with E-state index in [1.54, 1.807) is 30.9 Å². The van der Waals surface area contributed by atoms with Crippen LogP contribution in [0.5, 0.6) is 0 Å². The van der Waals surface area contributed by atoms with Crippen LogP contribution in [-0.4, -0.2) is 60.1 Å². The minimum absolute atomic E-state index is 0.0249. The van der Waals surface area contributed by atoms with E-state index in [1.165, 1.54) is 0 Å². The van der Waals surface area contributed by atoms with E-state index < -0.39 is 24.5 Å². The molecule has 190 valence electrons. The molecular weight excluding hydrogens is 479 g/mol. The van der Waals surface area contributed by atoms with Crippen molar-refractivity contribution in [1.29, 1.82) is 0 Å². The van der Waals surface area contributed by atoms with Gasteiger partial charge in [-0.25, -0.2) is 19.2 Å². The van der Waals surface area contributed by atoms with Gasteiger partial charge in [-0.3, -0.25) is 14.5 Å². The van der Waals surface area contributed by atoms with Crippen molar-refractivity contribution in [2.75, 3.05) is 11.9 Å². The van der Waals surface area contributed by atoms with Crippen LogP contribution in [0.2, 0.25) is 0 Å². The van der Waals surface area contributed by atoms with Gasteiger partial charge in [0, 0.05) is 47.5 Å². The molecule has 0 aromatic carbocycles. The number of aromatic amines is 1. The Balaban J connectivity index is 1.06.